The number of rotatable bonds is 6. The minimum atomic E-state index is 0.135. The average Bonchev–Trinajstić information content (AvgIpc) is 3.03. The quantitative estimate of drug-likeness (QED) is 0.690. The van der Waals surface area contributed by atoms with E-state index in [1.807, 2.05) is 48.5 Å². The zero-order chi connectivity index (χ0) is 17.6. The van der Waals surface area contributed by atoms with Crippen LogP contribution >= 0.6 is 22.9 Å². The van der Waals surface area contributed by atoms with Crippen LogP contribution in [0.25, 0.3) is 11.3 Å². The normalized spacial score (nSPS) is 11.7. The van der Waals surface area contributed by atoms with Crippen LogP contribution in [-0.4, -0.2) is 23.4 Å². The Morgan fingerprint density at radius 2 is 2.00 bits per heavy atom. The molecule has 4 nitrogen and oxygen atoms in total. The molecule has 0 unspecified atom stereocenters. The third-order valence-electron chi connectivity index (χ3n) is 3.77. The van der Waals surface area contributed by atoms with E-state index < -0.39 is 0 Å². The molecule has 130 valence electrons. The summed E-state index contributed by atoms with van der Waals surface area (Å²) in [5.74, 6) is 0.650. The van der Waals surface area contributed by atoms with Crippen molar-refractivity contribution in [2.45, 2.75) is 13.0 Å². The molecule has 3 aromatic rings. The molecule has 0 saturated carbocycles. The first-order valence-electron chi connectivity index (χ1n) is 7.96. The summed E-state index contributed by atoms with van der Waals surface area (Å²) < 4.78 is 7.34. The van der Waals surface area contributed by atoms with Crippen molar-refractivity contribution in [2.75, 3.05) is 13.7 Å². The number of ether oxygens (including phenoxy) is 1. The van der Waals surface area contributed by atoms with Gasteiger partial charge in [-0.3, -0.25) is 0 Å². The number of thiazole rings is 1. The average molecular weight is 375 g/mol. The second-order valence-corrected chi connectivity index (χ2v) is 6.67. The highest BCUT2D eigenvalue weighted by Gasteiger charge is 2.10. The molecule has 6 heteroatoms. The number of hydrogen-bond donors (Lipinski definition) is 1. The molecule has 2 aromatic carbocycles. The van der Waals surface area contributed by atoms with Gasteiger partial charge in [0.1, 0.15) is 5.75 Å². The molecule has 1 heterocycles. The number of para-hydroxylation sites is 1. The van der Waals surface area contributed by atoms with Gasteiger partial charge in [-0.15, -0.1) is 11.3 Å². The van der Waals surface area contributed by atoms with Crippen molar-refractivity contribution in [2.24, 2.45) is 4.99 Å². The van der Waals surface area contributed by atoms with Gasteiger partial charge in [-0.2, -0.15) is 0 Å². The lowest BCUT2D eigenvalue weighted by molar-refractivity contribution is 0.279. The maximum absolute atomic E-state index is 9.24. The molecule has 3 rings (SSSR count). The van der Waals surface area contributed by atoms with Crippen LogP contribution in [0.3, 0.4) is 0 Å². The number of halogens is 1. The first kappa shape index (κ1) is 17.7. The number of nitrogens with zero attached hydrogens (tertiary/aromatic N) is 2. The fraction of sp³-hybridized carbons (Fsp3) is 0.211. The largest absolute Gasteiger partial charge is 0.495 e. The van der Waals surface area contributed by atoms with Gasteiger partial charge in [-0.25, -0.2) is 4.99 Å². The zero-order valence-corrected chi connectivity index (χ0v) is 15.4. The number of aliphatic hydroxyl groups is 1. The minimum absolute atomic E-state index is 0.135. The van der Waals surface area contributed by atoms with Gasteiger partial charge in [0.2, 0.25) is 0 Å². The molecular formula is C19H19ClN2O2S. The Hall–Kier alpha value is -2.08. The minimum Gasteiger partial charge on any atom is -0.495 e. The Kier molecular flexibility index (Phi) is 5.91. The van der Waals surface area contributed by atoms with Crippen LogP contribution in [0.5, 0.6) is 5.75 Å². The molecule has 25 heavy (non-hydrogen) atoms. The van der Waals surface area contributed by atoms with E-state index in [1.54, 1.807) is 18.4 Å². The number of hydrogen-bond acceptors (Lipinski definition) is 4. The maximum atomic E-state index is 9.24. The smallest absolute Gasteiger partial charge is 0.190 e. The third kappa shape index (κ3) is 4.12. The second kappa shape index (κ2) is 8.34. The molecule has 0 bridgehead atoms. The van der Waals surface area contributed by atoms with E-state index in [4.69, 9.17) is 21.3 Å². The molecular weight excluding hydrogens is 356 g/mol. The summed E-state index contributed by atoms with van der Waals surface area (Å²) in [6.45, 7) is 0.821. The number of aliphatic hydroxyl groups excluding tert-OH is 1. The van der Waals surface area contributed by atoms with Gasteiger partial charge in [-0.1, -0.05) is 29.8 Å². The van der Waals surface area contributed by atoms with Gasteiger partial charge < -0.3 is 14.4 Å². The lowest BCUT2D eigenvalue weighted by Crippen LogP contribution is -2.16. The van der Waals surface area contributed by atoms with Crippen molar-refractivity contribution in [1.82, 2.24) is 4.57 Å². The lowest BCUT2D eigenvalue weighted by atomic mass is 10.1. The predicted octanol–water partition coefficient (Wildman–Crippen LogP) is 4.49. The molecule has 1 aromatic heterocycles. The topological polar surface area (TPSA) is 46.8 Å². The molecule has 0 saturated heterocycles. The molecule has 0 aliphatic carbocycles. The van der Waals surface area contributed by atoms with Gasteiger partial charge in [-0.05, 0) is 36.8 Å². The van der Waals surface area contributed by atoms with Crippen molar-refractivity contribution in [3.05, 3.63) is 63.7 Å². The summed E-state index contributed by atoms with van der Waals surface area (Å²) in [6, 6.07) is 15.6. The van der Waals surface area contributed by atoms with Crippen LogP contribution in [0.4, 0.5) is 5.69 Å². The van der Waals surface area contributed by atoms with E-state index in [1.165, 1.54) is 0 Å². The molecule has 0 fully saturated rings. The summed E-state index contributed by atoms with van der Waals surface area (Å²) in [5, 5.41) is 11.9. The number of aromatic nitrogens is 1. The number of methoxy groups -OCH3 is 1. The first-order chi connectivity index (χ1) is 12.2. The summed E-state index contributed by atoms with van der Waals surface area (Å²) in [6.07, 6.45) is 0.662. The molecule has 0 amide bonds. The van der Waals surface area contributed by atoms with Gasteiger partial charge in [0.05, 0.1) is 23.5 Å². The Morgan fingerprint density at radius 3 is 2.68 bits per heavy atom. The highest BCUT2D eigenvalue weighted by Crippen LogP contribution is 2.30. The van der Waals surface area contributed by atoms with Gasteiger partial charge >= 0.3 is 0 Å². The molecule has 0 radical (unpaired) electrons. The third-order valence-corrected chi connectivity index (χ3v) is 4.92. The summed E-state index contributed by atoms with van der Waals surface area (Å²) in [5.41, 5.74) is 2.92. The zero-order valence-electron chi connectivity index (χ0n) is 13.9. The van der Waals surface area contributed by atoms with Crippen molar-refractivity contribution in [3.63, 3.8) is 0 Å². The van der Waals surface area contributed by atoms with E-state index >= 15 is 0 Å². The van der Waals surface area contributed by atoms with Crippen LogP contribution in [-0.2, 0) is 6.54 Å². The highest BCUT2D eigenvalue weighted by atomic mass is 35.5. The molecule has 0 atom stereocenters. The van der Waals surface area contributed by atoms with Gasteiger partial charge in [0.25, 0.3) is 0 Å². The van der Waals surface area contributed by atoms with Crippen LogP contribution < -0.4 is 9.54 Å². The van der Waals surface area contributed by atoms with Crippen LogP contribution in [0.2, 0.25) is 5.02 Å². The van der Waals surface area contributed by atoms with Crippen LogP contribution in [0.1, 0.15) is 6.42 Å². The van der Waals surface area contributed by atoms with Gasteiger partial charge in [0, 0.05) is 24.1 Å². The summed E-state index contributed by atoms with van der Waals surface area (Å²) in [7, 11) is 1.60. The molecule has 0 spiro atoms. The lowest BCUT2D eigenvalue weighted by Gasteiger charge is -2.10. The second-order valence-electron chi connectivity index (χ2n) is 5.43. The van der Waals surface area contributed by atoms with Crippen molar-refractivity contribution in [3.8, 4) is 17.0 Å². The molecule has 0 aliphatic rings. The van der Waals surface area contributed by atoms with E-state index in [0.29, 0.717) is 23.7 Å². The molecule has 0 aliphatic heterocycles. The Balaban J connectivity index is 2.08. The molecule has 1 N–H and O–H groups in total. The fourth-order valence-corrected chi connectivity index (χ4v) is 3.75. The summed E-state index contributed by atoms with van der Waals surface area (Å²) in [4.78, 5) is 5.63. The first-order valence-corrected chi connectivity index (χ1v) is 9.21. The fourth-order valence-electron chi connectivity index (χ4n) is 2.53. The van der Waals surface area contributed by atoms with E-state index in [0.717, 1.165) is 21.7 Å². The maximum Gasteiger partial charge on any atom is 0.190 e. The predicted molar refractivity (Wildman–Crippen MR) is 103 cm³/mol. The van der Waals surface area contributed by atoms with Crippen LogP contribution in [0, 0.1) is 0 Å². The van der Waals surface area contributed by atoms with Crippen molar-refractivity contribution in [1.29, 1.82) is 0 Å². The Morgan fingerprint density at radius 1 is 1.20 bits per heavy atom. The van der Waals surface area contributed by atoms with E-state index in [9.17, 15) is 5.11 Å². The standard InChI is InChI=1S/C19H19ClN2O2S/c1-24-18-9-8-14(12-16(18)20)17-13-25-19(22(17)10-5-11-23)21-15-6-3-2-4-7-15/h2-4,6-9,12-13,23H,5,10-11H2,1H3. The SMILES string of the molecule is COc1ccc(-c2csc(=Nc3ccccc3)n2CCCO)cc1Cl. The van der Waals surface area contributed by atoms with Gasteiger partial charge in [0.15, 0.2) is 4.80 Å². The van der Waals surface area contributed by atoms with E-state index in [-0.39, 0.29) is 6.61 Å². The number of benzene rings is 2. The Labute approximate surface area is 155 Å². The van der Waals surface area contributed by atoms with E-state index in [2.05, 4.69) is 9.95 Å². The van der Waals surface area contributed by atoms with Crippen molar-refractivity contribution < 1.29 is 9.84 Å². The van der Waals surface area contributed by atoms with Crippen molar-refractivity contribution >= 4 is 28.6 Å². The Bertz CT molecular complexity index is 903. The monoisotopic (exact) mass is 374 g/mol. The summed E-state index contributed by atoms with van der Waals surface area (Å²) >= 11 is 7.85. The highest BCUT2D eigenvalue weighted by molar-refractivity contribution is 7.07. The van der Waals surface area contributed by atoms with Crippen LogP contribution in [0.15, 0.2) is 58.9 Å².